The minimum Gasteiger partial charge on any atom is -0.497 e. The van der Waals surface area contributed by atoms with Crippen molar-refractivity contribution in [3.8, 4) is 5.75 Å². The van der Waals surface area contributed by atoms with Crippen LogP contribution in [0.3, 0.4) is 0 Å². The Morgan fingerprint density at radius 2 is 1.50 bits per heavy atom. The first-order valence-corrected chi connectivity index (χ1v) is 5.78. The molecule has 0 spiro atoms. The molecule has 2 aromatic rings. The molecule has 0 aliphatic heterocycles. The van der Waals surface area contributed by atoms with Crippen molar-refractivity contribution in [2.24, 2.45) is 0 Å². The van der Waals surface area contributed by atoms with E-state index in [1.165, 1.54) is 11.1 Å². The van der Waals surface area contributed by atoms with Gasteiger partial charge in [-0.3, -0.25) is 4.79 Å². The number of hydrogen-bond acceptors (Lipinski definition) is 2. The van der Waals surface area contributed by atoms with Gasteiger partial charge in [0.15, 0.2) is 0 Å². The van der Waals surface area contributed by atoms with Gasteiger partial charge >= 0.3 is 0 Å². The first-order valence-electron chi connectivity index (χ1n) is 5.78. The second kappa shape index (κ2) is 7.28. The van der Waals surface area contributed by atoms with Crippen LogP contribution in [0.1, 0.15) is 21.5 Å². The standard InChI is InChI=1S/C8H8O2.C8H10/c1-10-8-4-2-7(6-9)3-5-8;1-7-4-3-5-8(2)6-7/h2-6H,1H3;3-6H,1-2H3. The summed E-state index contributed by atoms with van der Waals surface area (Å²) >= 11 is 0. The van der Waals surface area contributed by atoms with Crippen LogP contribution in [-0.4, -0.2) is 13.4 Å². The van der Waals surface area contributed by atoms with Crippen LogP contribution in [0.4, 0.5) is 0 Å². The summed E-state index contributed by atoms with van der Waals surface area (Å²) in [5, 5.41) is 0. The van der Waals surface area contributed by atoms with Gasteiger partial charge in [-0.25, -0.2) is 0 Å². The molecule has 0 heterocycles. The number of benzene rings is 2. The van der Waals surface area contributed by atoms with Crippen molar-refractivity contribution in [1.82, 2.24) is 0 Å². The number of aryl methyl sites for hydroxylation is 2. The van der Waals surface area contributed by atoms with Gasteiger partial charge in [0.1, 0.15) is 12.0 Å². The fourth-order valence-corrected chi connectivity index (χ4v) is 1.49. The van der Waals surface area contributed by atoms with Crippen LogP contribution in [0.15, 0.2) is 48.5 Å². The van der Waals surface area contributed by atoms with Gasteiger partial charge in [-0.2, -0.15) is 0 Å². The van der Waals surface area contributed by atoms with E-state index in [1.54, 1.807) is 31.4 Å². The highest BCUT2D eigenvalue weighted by atomic mass is 16.5. The molecule has 0 aromatic heterocycles. The summed E-state index contributed by atoms with van der Waals surface area (Å²) in [5.74, 6) is 0.769. The van der Waals surface area contributed by atoms with Gasteiger partial charge in [-0.15, -0.1) is 0 Å². The van der Waals surface area contributed by atoms with Crippen molar-refractivity contribution in [3.05, 3.63) is 65.2 Å². The summed E-state index contributed by atoms with van der Waals surface area (Å²) in [6.45, 7) is 4.21. The molecule has 94 valence electrons. The average Bonchev–Trinajstić information content (AvgIpc) is 2.39. The fraction of sp³-hybridized carbons (Fsp3) is 0.188. The zero-order chi connectivity index (χ0) is 13.4. The van der Waals surface area contributed by atoms with Crippen molar-refractivity contribution in [2.75, 3.05) is 7.11 Å². The molecule has 2 aromatic carbocycles. The highest BCUT2D eigenvalue weighted by Crippen LogP contribution is 2.09. The van der Waals surface area contributed by atoms with Gasteiger partial charge in [0, 0.05) is 5.56 Å². The van der Waals surface area contributed by atoms with Crippen molar-refractivity contribution >= 4 is 6.29 Å². The van der Waals surface area contributed by atoms with Crippen LogP contribution in [0.2, 0.25) is 0 Å². The molecule has 2 heteroatoms. The molecule has 0 saturated carbocycles. The van der Waals surface area contributed by atoms with E-state index < -0.39 is 0 Å². The smallest absolute Gasteiger partial charge is 0.150 e. The predicted molar refractivity (Wildman–Crippen MR) is 74.3 cm³/mol. The number of ether oxygens (including phenoxy) is 1. The van der Waals surface area contributed by atoms with Crippen LogP contribution in [0, 0.1) is 13.8 Å². The largest absolute Gasteiger partial charge is 0.497 e. The van der Waals surface area contributed by atoms with Crippen molar-refractivity contribution in [3.63, 3.8) is 0 Å². The third-order valence-electron chi connectivity index (χ3n) is 2.43. The lowest BCUT2D eigenvalue weighted by atomic mass is 10.2. The third kappa shape index (κ3) is 4.83. The zero-order valence-corrected chi connectivity index (χ0v) is 11.0. The predicted octanol–water partition coefficient (Wildman–Crippen LogP) is 3.81. The highest BCUT2D eigenvalue weighted by Gasteiger charge is 1.89. The number of aldehydes is 1. The second-order valence-electron chi connectivity index (χ2n) is 4.05. The highest BCUT2D eigenvalue weighted by molar-refractivity contribution is 5.74. The lowest BCUT2D eigenvalue weighted by Gasteiger charge is -1.96. The van der Waals surface area contributed by atoms with Gasteiger partial charge in [-0.1, -0.05) is 35.4 Å². The lowest BCUT2D eigenvalue weighted by molar-refractivity contribution is 0.112. The molecule has 0 radical (unpaired) electrons. The molecule has 0 bridgehead atoms. The molecular formula is C16H18O2. The van der Waals surface area contributed by atoms with E-state index in [0.29, 0.717) is 5.56 Å². The van der Waals surface area contributed by atoms with Gasteiger partial charge in [-0.05, 0) is 38.1 Å². The minimum absolute atomic E-state index is 0.667. The molecule has 0 N–H and O–H groups in total. The Labute approximate surface area is 108 Å². The van der Waals surface area contributed by atoms with Crippen LogP contribution in [-0.2, 0) is 0 Å². The van der Waals surface area contributed by atoms with E-state index in [1.807, 2.05) is 0 Å². The minimum atomic E-state index is 0.667. The van der Waals surface area contributed by atoms with Crippen LogP contribution in [0.5, 0.6) is 5.75 Å². The van der Waals surface area contributed by atoms with Crippen molar-refractivity contribution in [1.29, 1.82) is 0 Å². The van der Waals surface area contributed by atoms with Crippen LogP contribution in [0.25, 0.3) is 0 Å². The Balaban J connectivity index is 0.000000184. The maximum Gasteiger partial charge on any atom is 0.150 e. The lowest BCUT2D eigenvalue weighted by Crippen LogP contribution is -1.82. The van der Waals surface area contributed by atoms with E-state index in [4.69, 9.17) is 4.74 Å². The summed E-state index contributed by atoms with van der Waals surface area (Å²) in [5.41, 5.74) is 3.34. The summed E-state index contributed by atoms with van der Waals surface area (Å²) in [7, 11) is 1.59. The fourth-order valence-electron chi connectivity index (χ4n) is 1.49. The second-order valence-corrected chi connectivity index (χ2v) is 4.05. The monoisotopic (exact) mass is 242 g/mol. The van der Waals surface area contributed by atoms with E-state index in [-0.39, 0.29) is 0 Å². The molecule has 2 rings (SSSR count). The maximum atomic E-state index is 10.2. The Morgan fingerprint density at radius 3 is 1.83 bits per heavy atom. The van der Waals surface area contributed by atoms with Gasteiger partial charge in [0.25, 0.3) is 0 Å². The molecule has 0 fully saturated rings. The molecular weight excluding hydrogens is 224 g/mol. The number of methoxy groups -OCH3 is 1. The van der Waals surface area contributed by atoms with E-state index in [9.17, 15) is 4.79 Å². The SMILES string of the molecule is COc1ccc(C=O)cc1.Cc1cccc(C)c1. The summed E-state index contributed by atoms with van der Waals surface area (Å²) in [6.07, 6.45) is 0.805. The zero-order valence-electron chi connectivity index (χ0n) is 11.0. The van der Waals surface area contributed by atoms with Gasteiger partial charge < -0.3 is 4.74 Å². The Bertz CT molecular complexity index is 469. The Morgan fingerprint density at radius 1 is 0.944 bits per heavy atom. The first-order chi connectivity index (χ1) is 8.65. The third-order valence-corrected chi connectivity index (χ3v) is 2.43. The average molecular weight is 242 g/mol. The molecule has 2 nitrogen and oxygen atoms in total. The summed E-state index contributed by atoms with van der Waals surface area (Å²) < 4.78 is 4.90. The number of rotatable bonds is 2. The topological polar surface area (TPSA) is 26.3 Å². The van der Waals surface area contributed by atoms with Crippen LogP contribution < -0.4 is 4.74 Å². The van der Waals surface area contributed by atoms with Gasteiger partial charge in [0.05, 0.1) is 7.11 Å². The van der Waals surface area contributed by atoms with Gasteiger partial charge in [0.2, 0.25) is 0 Å². The first kappa shape index (κ1) is 14.0. The quantitative estimate of drug-likeness (QED) is 0.748. The number of hydrogen-bond donors (Lipinski definition) is 0. The van der Waals surface area contributed by atoms with Crippen molar-refractivity contribution in [2.45, 2.75) is 13.8 Å². The Hall–Kier alpha value is -2.09. The van der Waals surface area contributed by atoms with E-state index in [0.717, 1.165) is 12.0 Å². The van der Waals surface area contributed by atoms with E-state index >= 15 is 0 Å². The Kier molecular flexibility index (Phi) is 5.65. The number of carbonyl (C=O) groups is 1. The molecule has 0 saturated heterocycles. The molecule has 18 heavy (non-hydrogen) atoms. The van der Waals surface area contributed by atoms with Crippen molar-refractivity contribution < 1.29 is 9.53 Å². The van der Waals surface area contributed by atoms with Crippen LogP contribution >= 0.6 is 0 Å². The summed E-state index contributed by atoms with van der Waals surface area (Å²) in [6, 6.07) is 15.4. The molecule has 0 aliphatic rings. The molecule has 0 unspecified atom stereocenters. The summed E-state index contributed by atoms with van der Waals surface area (Å²) in [4.78, 5) is 10.2. The molecule has 0 amide bonds. The maximum absolute atomic E-state index is 10.2. The number of carbonyl (C=O) groups excluding carboxylic acids is 1. The normalized spacial score (nSPS) is 9.06. The molecule has 0 atom stereocenters. The van der Waals surface area contributed by atoms with E-state index in [2.05, 4.69) is 38.1 Å². The molecule has 0 aliphatic carbocycles.